The van der Waals surface area contributed by atoms with Gasteiger partial charge in [0, 0.05) is 36.5 Å². The van der Waals surface area contributed by atoms with Gasteiger partial charge < -0.3 is 4.90 Å². The second-order valence-corrected chi connectivity index (χ2v) is 19.3. The summed E-state index contributed by atoms with van der Waals surface area (Å²) >= 11 is 0. The summed E-state index contributed by atoms with van der Waals surface area (Å²) in [7, 11) is 2.02. The number of halogens is 1. The molecule has 0 saturated carbocycles. The fourth-order valence-corrected chi connectivity index (χ4v) is 9.14. The standard InChI is InChI=1S/C58H102FN2/c1-4-6-8-10-12-14-16-18-20-22-24-26-28-30-32-34-36-38-40-42-50-61(57-47-46-56(58(59)54-57)45-44-55-48-52-60(3)53-49-55)51-43-41-39-37-35-33-31-29-27-25-23-21-19-17-15-13-11-9-7-5-2/h44-49,52-54H,4-43,50-51H2,1-3H3/q+1. The highest BCUT2D eigenvalue weighted by atomic mass is 19.1. The summed E-state index contributed by atoms with van der Waals surface area (Å²) < 4.78 is 17.5. The Balaban J connectivity index is 1.58. The van der Waals surface area contributed by atoms with Crippen LogP contribution in [-0.2, 0) is 7.05 Å². The number of hydrogen-bond donors (Lipinski definition) is 0. The lowest BCUT2D eigenvalue weighted by Crippen LogP contribution is -2.26. The van der Waals surface area contributed by atoms with Gasteiger partial charge in [-0.2, -0.15) is 0 Å². The SMILES string of the molecule is CCCCCCCCCCCCCCCCCCCCCCN(CCCCCCCCCCCCCCCCCCCCCC)c1ccc(C=Cc2cc[n+](C)cc2)c(F)c1. The van der Waals surface area contributed by atoms with E-state index < -0.39 is 0 Å². The molecule has 0 spiro atoms. The molecule has 0 saturated heterocycles. The molecule has 0 radical (unpaired) electrons. The lowest BCUT2D eigenvalue weighted by Gasteiger charge is -2.25. The lowest BCUT2D eigenvalue weighted by atomic mass is 10.0. The molecular weight excluding hydrogens is 744 g/mol. The van der Waals surface area contributed by atoms with Crippen molar-refractivity contribution in [1.29, 1.82) is 0 Å². The zero-order chi connectivity index (χ0) is 43.5. The van der Waals surface area contributed by atoms with Gasteiger partial charge in [0.25, 0.3) is 0 Å². The third-order valence-corrected chi connectivity index (χ3v) is 13.4. The van der Waals surface area contributed by atoms with Gasteiger partial charge in [0.2, 0.25) is 0 Å². The molecular formula is C58H102FN2+. The van der Waals surface area contributed by atoms with Gasteiger partial charge in [0.05, 0.1) is 0 Å². The van der Waals surface area contributed by atoms with Crippen LogP contribution < -0.4 is 9.47 Å². The Labute approximate surface area is 380 Å². The molecule has 2 aromatic rings. The molecule has 0 amide bonds. The Hall–Kier alpha value is -2.16. The highest BCUT2D eigenvalue weighted by Crippen LogP contribution is 2.23. The minimum Gasteiger partial charge on any atom is -0.371 e. The highest BCUT2D eigenvalue weighted by Gasteiger charge is 2.10. The second-order valence-electron chi connectivity index (χ2n) is 19.3. The quantitative estimate of drug-likeness (QED) is 0.0476. The molecule has 350 valence electrons. The van der Waals surface area contributed by atoms with Crippen molar-refractivity contribution in [3.05, 3.63) is 59.7 Å². The molecule has 0 bridgehead atoms. The topological polar surface area (TPSA) is 7.12 Å². The largest absolute Gasteiger partial charge is 0.371 e. The van der Waals surface area contributed by atoms with E-state index >= 15 is 4.39 Å². The lowest BCUT2D eigenvalue weighted by molar-refractivity contribution is -0.671. The van der Waals surface area contributed by atoms with Crippen molar-refractivity contribution in [2.75, 3.05) is 18.0 Å². The van der Waals surface area contributed by atoms with Gasteiger partial charge in [-0.25, -0.2) is 8.96 Å². The molecule has 61 heavy (non-hydrogen) atoms. The van der Waals surface area contributed by atoms with E-state index in [1.165, 1.54) is 257 Å². The predicted octanol–water partition coefficient (Wildman–Crippen LogP) is 19.3. The molecule has 3 heteroatoms. The maximum atomic E-state index is 15.4. The van der Waals surface area contributed by atoms with Gasteiger partial charge in [0.1, 0.15) is 12.9 Å². The van der Waals surface area contributed by atoms with Gasteiger partial charge in [-0.1, -0.05) is 270 Å². The Morgan fingerprint density at radius 2 is 0.689 bits per heavy atom. The fourth-order valence-electron chi connectivity index (χ4n) is 9.14. The molecule has 1 heterocycles. The van der Waals surface area contributed by atoms with E-state index in [-0.39, 0.29) is 5.82 Å². The van der Waals surface area contributed by atoms with Crippen LogP contribution >= 0.6 is 0 Å². The third-order valence-electron chi connectivity index (χ3n) is 13.4. The van der Waals surface area contributed by atoms with Crippen molar-refractivity contribution in [3.8, 4) is 0 Å². The summed E-state index contributed by atoms with van der Waals surface area (Å²) in [4.78, 5) is 2.48. The van der Waals surface area contributed by atoms with E-state index in [0.29, 0.717) is 5.56 Å². The average molecular weight is 846 g/mol. The van der Waals surface area contributed by atoms with Crippen LogP contribution in [-0.4, -0.2) is 13.1 Å². The summed E-state index contributed by atoms with van der Waals surface area (Å²) in [6.07, 6.45) is 64.3. The Morgan fingerprint density at radius 1 is 0.393 bits per heavy atom. The molecule has 0 atom stereocenters. The van der Waals surface area contributed by atoms with Crippen molar-refractivity contribution in [2.45, 2.75) is 271 Å². The zero-order valence-electron chi connectivity index (χ0n) is 41.2. The summed E-state index contributed by atoms with van der Waals surface area (Å²) in [5, 5.41) is 0. The Kier molecular flexibility index (Phi) is 37.7. The van der Waals surface area contributed by atoms with E-state index in [1.807, 2.05) is 42.2 Å². The maximum Gasteiger partial charge on any atom is 0.169 e. The van der Waals surface area contributed by atoms with Gasteiger partial charge in [-0.15, -0.1) is 0 Å². The van der Waals surface area contributed by atoms with Crippen LogP contribution in [0.25, 0.3) is 12.2 Å². The summed E-state index contributed by atoms with van der Waals surface area (Å²) in [6.45, 7) is 6.68. The van der Waals surface area contributed by atoms with Crippen LogP contribution in [0.1, 0.15) is 282 Å². The Bertz CT molecular complexity index is 1190. The molecule has 1 aromatic heterocycles. The maximum absolute atomic E-state index is 15.4. The van der Waals surface area contributed by atoms with Crippen LogP contribution in [0.4, 0.5) is 10.1 Å². The first-order chi connectivity index (χ1) is 30.1. The predicted molar refractivity (Wildman–Crippen MR) is 271 cm³/mol. The number of unbranched alkanes of at least 4 members (excludes halogenated alkanes) is 38. The van der Waals surface area contributed by atoms with Crippen LogP contribution in [0.2, 0.25) is 0 Å². The number of anilines is 1. The number of nitrogens with zero attached hydrogens (tertiary/aromatic N) is 2. The van der Waals surface area contributed by atoms with Crippen molar-refractivity contribution in [1.82, 2.24) is 0 Å². The van der Waals surface area contributed by atoms with Gasteiger partial charge >= 0.3 is 0 Å². The number of aryl methyl sites for hydroxylation is 1. The van der Waals surface area contributed by atoms with Gasteiger partial charge in [0.15, 0.2) is 12.4 Å². The minimum absolute atomic E-state index is 0.118. The number of benzene rings is 1. The summed E-state index contributed by atoms with van der Waals surface area (Å²) in [5.74, 6) is -0.118. The number of hydrogen-bond acceptors (Lipinski definition) is 1. The Morgan fingerprint density at radius 3 is 0.984 bits per heavy atom. The van der Waals surface area contributed by atoms with Crippen molar-refractivity contribution in [3.63, 3.8) is 0 Å². The van der Waals surface area contributed by atoms with Crippen molar-refractivity contribution >= 4 is 17.8 Å². The van der Waals surface area contributed by atoms with Crippen LogP contribution in [0.5, 0.6) is 0 Å². The van der Waals surface area contributed by atoms with Crippen LogP contribution in [0.15, 0.2) is 42.7 Å². The van der Waals surface area contributed by atoms with Gasteiger partial charge in [-0.05, 0) is 36.6 Å². The summed E-state index contributed by atoms with van der Waals surface area (Å²) in [5.41, 5.74) is 2.80. The first-order valence-electron chi connectivity index (χ1n) is 27.3. The van der Waals surface area contributed by atoms with E-state index in [1.54, 1.807) is 6.07 Å². The minimum atomic E-state index is -0.118. The first kappa shape index (κ1) is 55.0. The van der Waals surface area contributed by atoms with Gasteiger partial charge in [-0.3, -0.25) is 0 Å². The van der Waals surface area contributed by atoms with Crippen LogP contribution in [0.3, 0.4) is 0 Å². The molecule has 2 nitrogen and oxygen atoms in total. The van der Waals surface area contributed by atoms with E-state index in [4.69, 9.17) is 0 Å². The highest BCUT2D eigenvalue weighted by molar-refractivity contribution is 5.70. The zero-order valence-corrected chi connectivity index (χ0v) is 41.2. The third kappa shape index (κ3) is 33.1. The first-order valence-corrected chi connectivity index (χ1v) is 27.3. The molecule has 2 rings (SSSR count). The smallest absolute Gasteiger partial charge is 0.169 e. The van der Waals surface area contributed by atoms with E-state index in [2.05, 4.69) is 36.9 Å². The summed E-state index contributed by atoms with van der Waals surface area (Å²) in [6, 6.07) is 10.0. The average Bonchev–Trinajstić information content (AvgIpc) is 3.27. The van der Waals surface area contributed by atoms with E-state index in [9.17, 15) is 0 Å². The fraction of sp³-hybridized carbons (Fsp3) is 0.776. The second kappa shape index (κ2) is 41.8. The molecule has 0 aliphatic heterocycles. The van der Waals surface area contributed by atoms with Crippen molar-refractivity contribution in [2.24, 2.45) is 7.05 Å². The number of aromatic nitrogens is 1. The monoisotopic (exact) mass is 846 g/mol. The molecule has 0 aliphatic carbocycles. The van der Waals surface area contributed by atoms with Crippen molar-refractivity contribution < 1.29 is 8.96 Å². The van der Waals surface area contributed by atoms with Crippen LogP contribution in [0, 0.1) is 5.82 Å². The normalized spacial score (nSPS) is 11.7. The molecule has 0 aliphatic rings. The molecule has 1 aromatic carbocycles. The number of pyridine rings is 1. The van der Waals surface area contributed by atoms with E-state index in [0.717, 1.165) is 24.3 Å². The molecule has 0 fully saturated rings. The number of rotatable bonds is 45. The molecule has 0 unspecified atom stereocenters. The molecule has 0 N–H and O–H groups in total.